The molecule has 0 aromatic carbocycles. The first-order chi connectivity index (χ1) is 7.70. The van der Waals surface area contributed by atoms with E-state index in [1.54, 1.807) is 0 Å². The predicted molar refractivity (Wildman–Crippen MR) is 66.1 cm³/mol. The van der Waals surface area contributed by atoms with Crippen molar-refractivity contribution in [3.8, 4) is 0 Å². The van der Waals surface area contributed by atoms with Crippen molar-refractivity contribution in [2.75, 3.05) is 7.05 Å². The Morgan fingerprint density at radius 2 is 1.94 bits per heavy atom. The molecular formula is C14H23NO. The Labute approximate surface area is 98.7 Å². The lowest BCUT2D eigenvalue weighted by atomic mass is 9.84. The Morgan fingerprint density at radius 3 is 2.44 bits per heavy atom. The van der Waals surface area contributed by atoms with E-state index < -0.39 is 0 Å². The van der Waals surface area contributed by atoms with Crippen molar-refractivity contribution in [3.05, 3.63) is 11.8 Å². The van der Waals surface area contributed by atoms with Gasteiger partial charge in [0.05, 0.1) is 0 Å². The summed E-state index contributed by atoms with van der Waals surface area (Å²) in [7, 11) is 2.17. The van der Waals surface area contributed by atoms with Crippen molar-refractivity contribution in [3.63, 3.8) is 0 Å². The summed E-state index contributed by atoms with van der Waals surface area (Å²) in [6, 6.07) is 0.681. The zero-order valence-corrected chi connectivity index (χ0v) is 10.5. The van der Waals surface area contributed by atoms with Gasteiger partial charge in [0.25, 0.3) is 0 Å². The molecule has 0 N–H and O–H groups in total. The molecule has 0 unspecified atom stereocenters. The minimum Gasteiger partial charge on any atom is -0.375 e. The van der Waals surface area contributed by atoms with Gasteiger partial charge in [-0.25, -0.2) is 0 Å². The first kappa shape index (κ1) is 11.7. The van der Waals surface area contributed by atoms with Crippen LogP contribution in [0.25, 0.3) is 0 Å². The third-order valence-electron chi connectivity index (χ3n) is 4.35. The maximum atomic E-state index is 11.2. The van der Waals surface area contributed by atoms with Crippen molar-refractivity contribution in [2.24, 2.45) is 5.92 Å². The molecule has 2 rings (SSSR count). The standard InChI is InChI=1S/C14H23NO/c1-3-11-4-6-12(7-5-11)15(2)13-8-9-14(16)10-13/h10-12H,3-9H2,1-2H3. The molecule has 16 heavy (non-hydrogen) atoms. The maximum absolute atomic E-state index is 11.2. The van der Waals surface area contributed by atoms with Gasteiger partial charge >= 0.3 is 0 Å². The molecule has 2 nitrogen and oxygen atoms in total. The van der Waals surface area contributed by atoms with Gasteiger partial charge in [0, 0.05) is 31.3 Å². The van der Waals surface area contributed by atoms with E-state index in [4.69, 9.17) is 0 Å². The molecule has 2 aliphatic rings. The van der Waals surface area contributed by atoms with Crippen LogP contribution in [0.3, 0.4) is 0 Å². The van der Waals surface area contributed by atoms with Crippen LogP contribution in [0.5, 0.6) is 0 Å². The van der Waals surface area contributed by atoms with Crippen LogP contribution in [0, 0.1) is 5.92 Å². The fourth-order valence-corrected chi connectivity index (χ4v) is 3.03. The molecule has 2 aliphatic carbocycles. The Kier molecular flexibility index (Phi) is 3.67. The number of rotatable bonds is 3. The predicted octanol–water partition coefficient (Wildman–Crippen LogP) is 3.13. The molecule has 0 aliphatic heterocycles. The topological polar surface area (TPSA) is 20.3 Å². The van der Waals surface area contributed by atoms with Gasteiger partial charge in [0.15, 0.2) is 5.78 Å². The monoisotopic (exact) mass is 221 g/mol. The van der Waals surface area contributed by atoms with E-state index in [9.17, 15) is 4.79 Å². The summed E-state index contributed by atoms with van der Waals surface area (Å²) < 4.78 is 0. The second kappa shape index (κ2) is 5.03. The Bertz CT molecular complexity index is 287. The summed E-state index contributed by atoms with van der Waals surface area (Å²) in [6.45, 7) is 2.30. The first-order valence-electron chi connectivity index (χ1n) is 6.67. The molecule has 1 fully saturated rings. The molecule has 0 bridgehead atoms. The smallest absolute Gasteiger partial charge is 0.157 e. The number of carbonyl (C=O) groups excluding carboxylic acids is 1. The van der Waals surface area contributed by atoms with Gasteiger partial charge in [-0.1, -0.05) is 13.3 Å². The van der Waals surface area contributed by atoms with Crippen LogP contribution < -0.4 is 0 Å². The lowest BCUT2D eigenvalue weighted by Gasteiger charge is -2.36. The van der Waals surface area contributed by atoms with Gasteiger partial charge in [-0.3, -0.25) is 4.79 Å². The van der Waals surface area contributed by atoms with Gasteiger partial charge in [0.2, 0.25) is 0 Å². The molecule has 0 aromatic rings. The molecule has 0 spiro atoms. The molecule has 1 saturated carbocycles. The van der Waals surface area contributed by atoms with Gasteiger partial charge in [-0.15, -0.1) is 0 Å². The van der Waals surface area contributed by atoms with Gasteiger partial charge < -0.3 is 4.90 Å². The van der Waals surface area contributed by atoms with Crippen LogP contribution in [0.15, 0.2) is 11.8 Å². The summed E-state index contributed by atoms with van der Waals surface area (Å²) in [6.07, 6.45) is 10.2. The third kappa shape index (κ3) is 2.47. The Balaban J connectivity index is 1.89. The second-order valence-electron chi connectivity index (χ2n) is 5.30. The highest BCUT2D eigenvalue weighted by Gasteiger charge is 2.26. The van der Waals surface area contributed by atoms with Crippen molar-refractivity contribution in [1.82, 2.24) is 4.90 Å². The second-order valence-corrected chi connectivity index (χ2v) is 5.30. The molecular weight excluding hydrogens is 198 g/mol. The molecule has 0 atom stereocenters. The van der Waals surface area contributed by atoms with E-state index in [1.807, 2.05) is 6.08 Å². The van der Waals surface area contributed by atoms with E-state index in [2.05, 4.69) is 18.9 Å². The molecule has 0 aromatic heterocycles. The highest BCUT2D eigenvalue weighted by atomic mass is 16.1. The molecule has 0 radical (unpaired) electrons. The number of allylic oxidation sites excluding steroid dienone is 2. The maximum Gasteiger partial charge on any atom is 0.157 e. The Morgan fingerprint density at radius 1 is 1.25 bits per heavy atom. The molecule has 0 heterocycles. The highest BCUT2D eigenvalue weighted by molar-refractivity contribution is 5.92. The number of carbonyl (C=O) groups is 1. The minimum absolute atomic E-state index is 0.309. The average Bonchev–Trinajstić information content (AvgIpc) is 2.75. The third-order valence-corrected chi connectivity index (χ3v) is 4.35. The van der Waals surface area contributed by atoms with E-state index >= 15 is 0 Å². The van der Waals surface area contributed by atoms with Crippen molar-refractivity contribution >= 4 is 5.78 Å². The van der Waals surface area contributed by atoms with Crippen molar-refractivity contribution in [2.45, 2.75) is 57.9 Å². The molecule has 2 heteroatoms. The largest absolute Gasteiger partial charge is 0.375 e. The minimum atomic E-state index is 0.309. The average molecular weight is 221 g/mol. The van der Waals surface area contributed by atoms with Crippen LogP contribution >= 0.6 is 0 Å². The van der Waals surface area contributed by atoms with Crippen LogP contribution in [-0.4, -0.2) is 23.8 Å². The van der Waals surface area contributed by atoms with Gasteiger partial charge in [0.1, 0.15) is 0 Å². The van der Waals surface area contributed by atoms with E-state index in [0.29, 0.717) is 11.8 Å². The summed E-state index contributed by atoms with van der Waals surface area (Å²) in [5.41, 5.74) is 1.27. The van der Waals surface area contributed by atoms with E-state index in [-0.39, 0.29) is 0 Å². The lowest BCUT2D eigenvalue weighted by molar-refractivity contribution is -0.114. The van der Waals surface area contributed by atoms with Gasteiger partial charge in [-0.05, 0) is 38.0 Å². The van der Waals surface area contributed by atoms with Crippen LogP contribution in [0.1, 0.15) is 51.9 Å². The fraction of sp³-hybridized carbons (Fsp3) is 0.786. The Hall–Kier alpha value is -0.790. The zero-order valence-electron chi connectivity index (χ0n) is 10.5. The molecule has 0 saturated heterocycles. The normalized spacial score (nSPS) is 30.4. The van der Waals surface area contributed by atoms with Crippen LogP contribution in [-0.2, 0) is 4.79 Å². The van der Waals surface area contributed by atoms with Crippen LogP contribution in [0.2, 0.25) is 0 Å². The summed E-state index contributed by atoms with van der Waals surface area (Å²) >= 11 is 0. The fourth-order valence-electron chi connectivity index (χ4n) is 3.03. The summed E-state index contributed by atoms with van der Waals surface area (Å²) in [5.74, 6) is 1.26. The first-order valence-corrected chi connectivity index (χ1v) is 6.67. The highest BCUT2D eigenvalue weighted by Crippen LogP contribution is 2.32. The van der Waals surface area contributed by atoms with Gasteiger partial charge in [-0.2, -0.15) is 0 Å². The summed E-state index contributed by atoms with van der Waals surface area (Å²) in [5, 5.41) is 0. The van der Waals surface area contributed by atoms with Crippen LogP contribution in [0.4, 0.5) is 0 Å². The summed E-state index contributed by atoms with van der Waals surface area (Å²) in [4.78, 5) is 13.6. The lowest BCUT2D eigenvalue weighted by Crippen LogP contribution is -2.34. The van der Waals surface area contributed by atoms with Crippen molar-refractivity contribution in [1.29, 1.82) is 0 Å². The number of hydrogen-bond acceptors (Lipinski definition) is 2. The van der Waals surface area contributed by atoms with Crippen molar-refractivity contribution < 1.29 is 4.79 Å². The molecule has 90 valence electrons. The quantitative estimate of drug-likeness (QED) is 0.729. The number of nitrogens with zero attached hydrogens (tertiary/aromatic N) is 1. The number of hydrogen-bond donors (Lipinski definition) is 0. The zero-order chi connectivity index (χ0) is 11.5. The van der Waals surface area contributed by atoms with E-state index in [0.717, 1.165) is 18.8 Å². The molecule has 0 amide bonds. The van der Waals surface area contributed by atoms with E-state index in [1.165, 1.54) is 37.8 Å². The SMILES string of the molecule is CCC1CCC(N(C)C2=CC(=O)CC2)CC1. The number of ketones is 1.